The van der Waals surface area contributed by atoms with Crippen molar-refractivity contribution in [2.75, 3.05) is 0 Å². The Morgan fingerprint density at radius 1 is 0.187 bits per heavy atom. The zero-order chi connectivity index (χ0) is 105. The lowest BCUT2D eigenvalue weighted by Crippen LogP contribution is -2.10. The van der Waals surface area contributed by atoms with E-state index in [1.807, 2.05) is 54.6 Å². The van der Waals surface area contributed by atoms with Gasteiger partial charge in [-0.15, -0.1) is 0 Å². The van der Waals surface area contributed by atoms with Gasteiger partial charge >= 0.3 is 0 Å². The summed E-state index contributed by atoms with van der Waals surface area (Å²) in [5, 5.41) is 33.7. The first-order chi connectivity index (χ1) is 71.9. The summed E-state index contributed by atoms with van der Waals surface area (Å²) in [4.78, 5) is 15.9. The van der Waals surface area contributed by atoms with Crippen molar-refractivity contribution in [3.63, 3.8) is 0 Å². The fraction of sp³-hybridized carbons (Fsp3) is 0.174. The van der Waals surface area contributed by atoms with Crippen molar-refractivity contribution in [3.8, 4) is 79.6 Å². The smallest absolute Gasteiger partial charge is 0.196 e. The number of benzene rings is 18. The molecule has 18 aromatic carbocycles. The van der Waals surface area contributed by atoms with Gasteiger partial charge in [-0.25, -0.2) is 19.4 Å². The van der Waals surface area contributed by atoms with Crippen LogP contribution in [0.2, 0.25) is 0 Å². The van der Waals surface area contributed by atoms with Crippen molar-refractivity contribution in [2.45, 2.75) is 157 Å². The molecule has 0 spiro atoms. The molecule has 0 unspecified atom stereocenters. The lowest BCUT2D eigenvalue weighted by atomic mass is 9.85. The number of hydrogen-bond donors (Lipinski definition) is 0. The Morgan fingerprint density at radius 3 is 0.740 bits per heavy atom. The van der Waals surface area contributed by atoms with Crippen LogP contribution < -0.4 is 0 Å². The minimum Gasteiger partial charge on any atom is -0.309 e. The quantitative estimate of drug-likeness (QED) is 0.135. The van der Waals surface area contributed by atoms with E-state index in [2.05, 4.69) is 475 Å². The highest BCUT2D eigenvalue weighted by molar-refractivity contribution is 6.22. The summed E-state index contributed by atoms with van der Waals surface area (Å²) in [7, 11) is 0. The maximum Gasteiger partial charge on any atom is 0.196 e. The van der Waals surface area contributed by atoms with Gasteiger partial charge in [0, 0.05) is 104 Å². The maximum absolute atomic E-state index is 10.00. The summed E-state index contributed by atoms with van der Waals surface area (Å²) in [6.45, 7) is 73.5. The van der Waals surface area contributed by atoms with Crippen molar-refractivity contribution >= 4 is 154 Å². The van der Waals surface area contributed by atoms with Crippen molar-refractivity contribution < 1.29 is 0 Å². The van der Waals surface area contributed by atoms with Crippen molar-refractivity contribution in [1.82, 2.24) is 27.4 Å². The SMILES string of the molecule is [C-]#[N+]c1cc(C#N)ccc1-c1cc(-n2c3ccc(C(C)(C)C)cc3c3cc(C(C)(C)C)ccc32)cc2c3ccccc3n(-c3ccccc3)c12.[C-]#[N+]c1ccc(C#N)cc1-c1cc(-n2c3ccc(C(C)(C)C)cc3c3cc(C(C)(C)C)ccc32)cc2c3ccccc3n(-c3ccccc3)c12.[C-]#[N+]c1cccc([N+]#[C-])c1-c1cc(-n2c3ccc(C(C)(C)C)cc3c3cc(C(C)(C)C)ccc32)cc2c3ccccc3n(-c3ccccc3)c12. The van der Waals surface area contributed by atoms with Crippen LogP contribution in [-0.4, -0.2) is 27.4 Å². The average Bonchev–Trinajstić information content (AvgIpc) is 1.56. The van der Waals surface area contributed by atoms with Gasteiger partial charge in [-0.3, -0.25) is 0 Å². The van der Waals surface area contributed by atoms with Crippen molar-refractivity contribution in [1.29, 1.82) is 10.5 Å². The normalized spacial score (nSPS) is 12.2. The summed E-state index contributed by atoms with van der Waals surface area (Å²) in [5.74, 6) is 0. The standard InChI is InChI=1S/3C46H38N4/c1-45(2,3)29-21-23-41-34(25-29)35-26-30(46(4,5)6)22-24-42(35)49(41)32-27-36-33-17-12-13-20-40(33)50(31-15-10-9-11-16-31)44(36)37(28-32)43-38(47-7)18-14-19-39(43)48-8;1-45(2,3)30-18-21-42-36(24-30)37-25-31(46(4,5)6)19-22-43(37)49(42)33-26-38(34-20-17-29(28-47)23-40(34)48-7)44-39(27-33)35-15-11-12-16-41(35)50(44)32-13-9-8-10-14-32;1-45(2,3)30-18-21-42-36(24-30)37-25-31(46(4,5)6)19-22-43(37)49(42)33-26-38-34-15-11-12-16-41(34)50(32-13-9-8-10-14-32)44(38)39(27-33)35-23-29(28-47)17-20-40(35)48-7/h9-28H,1-6H3;2*8-27H,1-6H3. The van der Waals surface area contributed by atoms with E-state index in [1.54, 1.807) is 18.2 Å². The molecule has 6 aromatic heterocycles. The van der Waals surface area contributed by atoms with Gasteiger partial charge in [0.1, 0.15) is 0 Å². The van der Waals surface area contributed by atoms with Crippen molar-refractivity contribution in [2.24, 2.45) is 0 Å². The van der Waals surface area contributed by atoms with Gasteiger partial charge in [-0.2, -0.15) is 10.5 Å². The van der Waals surface area contributed by atoms with Crippen LogP contribution in [0.25, 0.3) is 218 Å². The Hall–Kier alpha value is -18.3. The topological polar surface area (TPSA) is 94.6 Å². The zero-order valence-corrected chi connectivity index (χ0v) is 88.0. The second-order valence-electron chi connectivity index (χ2n) is 45.9. The molecular formula is C138H114N12. The van der Waals surface area contributed by atoms with Crippen LogP contribution in [0.4, 0.5) is 22.7 Å². The van der Waals surface area contributed by atoms with E-state index in [-0.39, 0.29) is 32.5 Å². The van der Waals surface area contributed by atoms with E-state index in [4.69, 9.17) is 26.3 Å². The molecule has 0 saturated carbocycles. The van der Waals surface area contributed by atoms with Crippen LogP contribution in [-0.2, 0) is 32.5 Å². The lowest BCUT2D eigenvalue weighted by molar-refractivity contribution is 0.590. The molecule has 0 N–H and O–H groups in total. The van der Waals surface area contributed by atoms with Crippen molar-refractivity contribution in [3.05, 3.63) is 454 Å². The fourth-order valence-electron chi connectivity index (χ4n) is 22.3. The third-order valence-electron chi connectivity index (χ3n) is 30.2. The number of rotatable bonds is 9. The second-order valence-corrected chi connectivity index (χ2v) is 45.9. The predicted molar refractivity (Wildman–Crippen MR) is 628 cm³/mol. The van der Waals surface area contributed by atoms with Crippen LogP contribution in [0, 0.1) is 49.0 Å². The van der Waals surface area contributed by atoms with E-state index in [9.17, 15) is 10.5 Å². The molecule has 0 amide bonds. The fourth-order valence-corrected chi connectivity index (χ4v) is 22.3. The molecule has 726 valence electrons. The number of hydrogen-bond acceptors (Lipinski definition) is 2. The first-order valence-electron chi connectivity index (χ1n) is 51.3. The molecule has 6 heterocycles. The first kappa shape index (κ1) is 96.5. The summed E-state index contributed by atoms with van der Waals surface area (Å²) < 4.78 is 14.0. The largest absolute Gasteiger partial charge is 0.309 e. The molecular weight excluding hydrogens is 1830 g/mol. The summed E-state index contributed by atoms with van der Waals surface area (Å²) in [5.41, 5.74) is 34.8. The van der Waals surface area contributed by atoms with E-state index in [1.165, 1.54) is 65.7 Å². The molecule has 0 fully saturated rings. The molecule has 0 saturated heterocycles. The average molecular weight is 1940 g/mol. The Kier molecular flexibility index (Phi) is 23.4. The molecule has 0 aliphatic rings. The minimum atomic E-state index is -0.00474. The number of aromatic nitrogens is 6. The second kappa shape index (κ2) is 36.4. The highest BCUT2D eigenvalue weighted by Crippen LogP contribution is 2.53. The molecule has 0 aliphatic heterocycles. The third kappa shape index (κ3) is 16.5. The molecule has 0 bridgehead atoms. The monoisotopic (exact) mass is 1940 g/mol. The Balaban J connectivity index is 0.000000127. The molecule has 0 aliphatic carbocycles. The molecule has 0 radical (unpaired) electrons. The van der Waals surface area contributed by atoms with E-state index in [0.717, 1.165) is 160 Å². The molecule has 0 atom stereocenters. The van der Waals surface area contributed by atoms with Crippen LogP contribution in [0.3, 0.4) is 0 Å². The summed E-state index contributed by atoms with van der Waals surface area (Å²) >= 11 is 0. The van der Waals surface area contributed by atoms with Gasteiger partial charge < -0.3 is 27.4 Å². The van der Waals surface area contributed by atoms with Gasteiger partial charge in [0.2, 0.25) is 0 Å². The predicted octanol–water partition coefficient (Wildman–Crippen LogP) is 38.4. The van der Waals surface area contributed by atoms with Gasteiger partial charge in [-0.1, -0.05) is 307 Å². The van der Waals surface area contributed by atoms with E-state index < -0.39 is 0 Å². The summed E-state index contributed by atoms with van der Waals surface area (Å²) in [6.07, 6.45) is 0. The van der Waals surface area contributed by atoms with Crippen LogP contribution in [0.15, 0.2) is 364 Å². The molecule has 24 aromatic rings. The van der Waals surface area contributed by atoms with Gasteiger partial charge in [0.15, 0.2) is 22.7 Å². The molecule has 12 nitrogen and oxygen atoms in total. The lowest BCUT2D eigenvalue weighted by Gasteiger charge is -2.19. The van der Waals surface area contributed by atoms with Gasteiger partial charge in [-0.05, 0) is 281 Å². The van der Waals surface area contributed by atoms with Crippen LogP contribution >= 0.6 is 0 Å². The number of para-hydroxylation sites is 6. The zero-order valence-electron chi connectivity index (χ0n) is 88.0. The van der Waals surface area contributed by atoms with E-state index >= 15 is 0 Å². The highest BCUT2D eigenvalue weighted by Gasteiger charge is 2.32. The number of fused-ring (bicyclic) bond motifs is 18. The van der Waals surface area contributed by atoms with Crippen LogP contribution in [0.5, 0.6) is 0 Å². The van der Waals surface area contributed by atoms with E-state index in [0.29, 0.717) is 39.4 Å². The van der Waals surface area contributed by atoms with Gasteiger partial charge in [0.25, 0.3) is 0 Å². The van der Waals surface area contributed by atoms with Crippen LogP contribution in [0.1, 0.15) is 169 Å². The Morgan fingerprint density at radius 2 is 0.447 bits per heavy atom. The summed E-state index contributed by atoms with van der Waals surface area (Å²) in [6, 6.07) is 133. The van der Waals surface area contributed by atoms with Gasteiger partial charge in [0.05, 0.1) is 110 Å². The Labute approximate surface area is 876 Å². The molecule has 24 rings (SSSR count). The maximum atomic E-state index is 10.00. The minimum absolute atomic E-state index is 0.00134. The molecule has 12 heteroatoms. The highest BCUT2D eigenvalue weighted by atomic mass is 15.0. The first-order valence-corrected chi connectivity index (χ1v) is 51.3. The Bertz CT molecular complexity index is 9740. The third-order valence-corrected chi connectivity index (χ3v) is 30.2. The number of nitriles is 2. The number of nitrogens with zero attached hydrogens (tertiary/aromatic N) is 12. The molecule has 150 heavy (non-hydrogen) atoms.